The first-order valence-corrected chi connectivity index (χ1v) is 4.26. The van der Waals surface area contributed by atoms with Gasteiger partial charge in [0, 0.05) is 5.69 Å². The van der Waals surface area contributed by atoms with E-state index >= 15 is 0 Å². The second kappa shape index (κ2) is 2.73. The molecule has 0 bridgehead atoms. The number of carbonyl (C=O) groups excluding carboxylic acids is 1. The maximum Gasteiger partial charge on any atom is 0.134 e. The molecule has 0 aromatic heterocycles. The van der Waals surface area contributed by atoms with Crippen LogP contribution in [0.4, 0.5) is 5.69 Å². The van der Waals surface area contributed by atoms with Crippen molar-refractivity contribution >= 4 is 12.0 Å². The fourth-order valence-electron chi connectivity index (χ4n) is 1.58. The standard InChI is InChI=1S/C11H11NO/c1-11(8-13)6-7-12-10-5-3-2-4-9(10)11/h2-8,12H,1H3. The summed E-state index contributed by atoms with van der Waals surface area (Å²) < 4.78 is 0. The first-order valence-electron chi connectivity index (χ1n) is 4.26. The monoisotopic (exact) mass is 173 g/mol. The van der Waals surface area contributed by atoms with E-state index < -0.39 is 5.41 Å². The van der Waals surface area contributed by atoms with Gasteiger partial charge in [0.2, 0.25) is 0 Å². The van der Waals surface area contributed by atoms with Crippen LogP contribution in [0.15, 0.2) is 36.5 Å². The Morgan fingerprint density at radius 2 is 2.15 bits per heavy atom. The van der Waals surface area contributed by atoms with E-state index in [0.29, 0.717) is 0 Å². The van der Waals surface area contributed by atoms with Crippen molar-refractivity contribution in [3.8, 4) is 0 Å². The van der Waals surface area contributed by atoms with E-state index in [1.165, 1.54) is 0 Å². The van der Waals surface area contributed by atoms with Gasteiger partial charge in [0.05, 0.1) is 5.41 Å². The Bertz CT molecular complexity index is 370. The molecule has 0 radical (unpaired) electrons. The third kappa shape index (κ3) is 1.15. The third-order valence-electron chi connectivity index (χ3n) is 2.42. The largest absolute Gasteiger partial charge is 0.362 e. The molecule has 66 valence electrons. The van der Waals surface area contributed by atoms with E-state index in [0.717, 1.165) is 17.5 Å². The Hall–Kier alpha value is -1.57. The fourth-order valence-corrected chi connectivity index (χ4v) is 1.58. The normalized spacial score (nSPS) is 24.7. The van der Waals surface area contributed by atoms with Crippen LogP contribution < -0.4 is 5.32 Å². The molecule has 0 saturated carbocycles. The van der Waals surface area contributed by atoms with Gasteiger partial charge in [-0.15, -0.1) is 0 Å². The number of fused-ring (bicyclic) bond motifs is 1. The van der Waals surface area contributed by atoms with Crippen LogP contribution in [0.3, 0.4) is 0 Å². The van der Waals surface area contributed by atoms with E-state index in [9.17, 15) is 4.79 Å². The van der Waals surface area contributed by atoms with Gasteiger partial charge in [-0.2, -0.15) is 0 Å². The van der Waals surface area contributed by atoms with Crippen LogP contribution in [0.2, 0.25) is 0 Å². The van der Waals surface area contributed by atoms with E-state index in [4.69, 9.17) is 0 Å². The number of para-hydroxylation sites is 1. The molecule has 0 saturated heterocycles. The minimum absolute atomic E-state index is 0.470. The maximum absolute atomic E-state index is 11.0. The minimum Gasteiger partial charge on any atom is -0.362 e. The predicted octanol–water partition coefficient (Wildman–Crippen LogP) is 2.08. The van der Waals surface area contributed by atoms with E-state index in [1.807, 2.05) is 43.5 Å². The minimum atomic E-state index is -0.470. The summed E-state index contributed by atoms with van der Waals surface area (Å²) in [6, 6.07) is 7.85. The highest BCUT2D eigenvalue weighted by atomic mass is 16.1. The van der Waals surface area contributed by atoms with Crippen LogP contribution >= 0.6 is 0 Å². The maximum atomic E-state index is 11.0. The van der Waals surface area contributed by atoms with Crippen LogP contribution in [-0.2, 0) is 10.2 Å². The van der Waals surface area contributed by atoms with Gasteiger partial charge in [0.1, 0.15) is 6.29 Å². The van der Waals surface area contributed by atoms with Crippen LogP contribution in [0.1, 0.15) is 12.5 Å². The van der Waals surface area contributed by atoms with Gasteiger partial charge >= 0.3 is 0 Å². The van der Waals surface area contributed by atoms with Gasteiger partial charge in [0.15, 0.2) is 0 Å². The van der Waals surface area contributed by atoms with Crippen LogP contribution in [0.25, 0.3) is 0 Å². The molecule has 2 rings (SSSR count). The average Bonchev–Trinajstić information content (AvgIpc) is 2.19. The Balaban J connectivity index is 2.60. The average molecular weight is 173 g/mol. The summed E-state index contributed by atoms with van der Waals surface area (Å²) in [5.74, 6) is 0. The summed E-state index contributed by atoms with van der Waals surface area (Å²) in [6.07, 6.45) is 4.67. The number of rotatable bonds is 1. The molecule has 1 heterocycles. The van der Waals surface area contributed by atoms with Gasteiger partial charge in [-0.25, -0.2) is 0 Å². The SMILES string of the molecule is CC1(C=O)C=CNc2ccccc21. The zero-order valence-corrected chi connectivity index (χ0v) is 7.45. The van der Waals surface area contributed by atoms with Crippen LogP contribution in [0.5, 0.6) is 0 Å². The molecule has 0 spiro atoms. The lowest BCUT2D eigenvalue weighted by Gasteiger charge is -2.26. The van der Waals surface area contributed by atoms with Gasteiger partial charge in [-0.3, -0.25) is 0 Å². The van der Waals surface area contributed by atoms with E-state index in [2.05, 4.69) is 5.32 Å². The number of aldehydes is 1. The second-order valence-corrected chi connectivity index (χ2v) is 3.42. The molecule has 1 N–H and O–H groups in total. The number of anilines is 1. The number of hydrogen-bond donors (Lipinski definition) is 1. The summed E-state index contributed by atoms with van der Waals surface area (Å²) >= 11 is 0. The summed E-state index contributed by atoms with van der Waals surface area (Å²) in [4.78, 5) is 11.0. The molecule has 1 aliphatic heterocycles. The summed E-state index contributed by atoms with van der Waals surface area (Å²) in [5, 5.41) is 3.11. The Kier molecular flexibility index (Phi) is 1.69. The molecule has 13 heavy (non-hydrogen) atoms. The van der Waals surface area contributed by atoms with Crippen molar-refractivity contribution in [1.29, 1.82) is 0 Å². The Morgan fingerprint density at radius 3 is 2.92 bits per heavy atom. The topological polar surface area (TPSA) is 29.1 Å². The molecule has 2 nitrogen and oxygen atoms in total. The van der Waals surface area contributed by atoms with Crippen LogP contribution in [-0.4, -0.2) is 6.29 Å². The highest BCUT2D eigenvalue weighted by Gasteiger charge is 2.27. The van der Waals surface area contributed by atoms with Crippen molar-refractivity contribution in [1.82, 2.24) is 0 Å². The lowest BCUT2D eigenvalue weighted by atomic mass is 9.81. The van der Waals surface area contributed by atoms with Crippen molar-refractivity contribution < 1.29 is 4.79 Å². The zero-order chi connectivity index (χ0) is 9.31. The molecule has 1 aromatic rings. The molecule has 1 aliphatic rings. The highest BCUT2D eigenvalue weighted by molar-refractivity contribution is 5.78. The summed E-state index contributed by atoms with van der Waals surface area (Å²) in [6.45, 7) is 1.91. The first kappa shape index (κ1) is 8.05. The smallest absolute Gasteiger partial charge is 0.134 e. The molecule has 1 aromatic carbocycles. The third-order valence-corrected chi connectivity index (χ3v) is 2.42. The van der Waals surface area contributed by atoms with Crippen molar-refractivity contribution in [3.63, 3.8) is 0 Å². The molecule has 0 fully saturated rings. The van der Waals surface area contributed by atoms with Crippen molar-refractivity contribution in [3.05, 3.63) is 42.1 Å². The molecule has 1 atom stereocenters. The molecule has 0 amide bonds. The molecule has 0 aliphatic carbocycles. The van der Waals surface area contributed by atoms with Gasteiger partial charge in [-0.05, 0) is 24.8 Å². The first-order chi connectivity index (χ1) is 6.26. The number of carbonyl (C=O) groups is 1. The van der Waals surface area contributed by atoms with Crippen molar-refractivity contribution in [2.45, 2.75) is 12.3 Å². The lowest BCUT2D eigenvalue weighted by molar-refractivity contribution is -0.110. The molecule has 2 heteroatoms. The van der Waals surface area contributed by atoms with Crippen molar-refractivity contribution in [2.24, 2.45) is 0 Å². The van der Waals surface area contributed by atoms with Gasteiger partial charge < -0.3 is 10.1 Å². The highest BCUT2D eigenvalue weighted by Crippen LogP contribution is 2.32. The Morgan fingerprint density at radius 1 is 1.38 bits per heavy atom. The number of benzene rings is 1. The predicted molar refractivity (Wildman–Crippen MR) is 52.6 cm³/mol. The fraction of sp³-hybridized carbons (Fsp3) is 0.182. The number of hydrogen-bond acceptors (Lipinski definition) is 2. The number of allylic oxidation sites excluding steroid dienone is 1. The lowest BCUT2D eigenvalue weighted by Crippen LogP contribution is -2.25. The second-order valence-electron chi connectivity index (χ2n) is 3.42. The molecular formula is C11H11NO. The summed E-state index contributed by atoms with van der Waals surface area (Å²) in [7, 11) is 0. The Labute approximate surface area is 77.3 Å². The molecule has 1 unspecified atom stereocenters. The van der Waals surface area contributed by atoms with Crippen molar-refractivity contribution in [2.75, 3.05) is 5.32 Å². The van der Waals surface area contributed by atoms with Crippen LogP contribution in [0, 0.1) is 0 Å². The summed E-state index contributed by atoms with van der Waals surface area (Å²) in [5.41, 5.74) is 1.58. The van der Waals surface area contributed by atoms with Gasteiger partial charge in [-0.1, -0.05) is 24.3 Å². The zero-order valence-electron chi connectivity index (χ0n) is 7.45. The van der Waals surface area contributed by atoms with E-state index in [-0.39, 0.29) is 0 Å². The van der Waals surface area contributed by atoms with Gasteiger partial charge in [0.25, 0.3) is 0 Å². The van der Waals surface area contributed by atoms with E-state index in [1.54, 1.807) is 0 Å². The molecular weight excluding hydrogens is 162 g/mol. The number of nitrogens with one attached hydrogen (secondary N) is 1. The quantitative estimate of drug-likeness (QED) is 0.659.